The van der Waals surface area contributed by atoms with Crippen LogP contribution in [-0.2, 0) is 24.4 Å². The van der Waals surface area contributed by atoms with E-state index >= 15 is 0 Å². The molecule has 30 heavy (non-hydrogen) atoms. The summed E-state index contributed by atoms with van der Waals surface area (Å²) in [5.74, 6) is 1.47. The van der Waals surface area contributed by atoms with E-state index in [0.29, 0.717) is 36.1 Å². The number of furan rings is 1. The highest BCUT2D eigenvalue weighted by atomic mass is 16.5. The van der Waals surface area contributed by atoms with E-state index in [1.807, 2.05) is 0 Å². The Bertz CT molecular complexity index is 852. The zero-order chi connectivity index (χ0) is 21.3. The molecule has 3 rings (SSSR count). The Labute approximate surface area is 178 Å². The highest BCUT2D eigenvalue weighted by Crippen LogP contribution is 2.16. The number of benzene rings is 1. The van der Waals surface area contributed by atoms with Crippen molar-refractivity contribution >= 4 is 11.9 Å². The molecular weight excluding hydrogens is 380 g/mol. The molecule has 0 saturated carbocycles. The average molecular weight is 413 g/mol. The summed E-state index contributed by atoms with van der Waals surface area (Å²) in [4.78, 5) is 18.5. The summed E-state index contributed by atoms with van der Waals surface area (Å²) >= 11 is 0. The fraction of sp³-hybridized carbons (Fsp3) is 0.478. The van der Waals surface area contributed by atoms with Gasteiger partial charge in [-0.1, -0.05) is 30.7 Å². The van der Waals surface area contributed by atoms with Gasteiger partial charge in [0.15, 0.2) is 5.96 Å². The van der Waals surface area contributed by atoms with Gasteiger partial charge in [-0.15, -0.1) is 0 Å². The minimum absolute atomic E-state index is 0.395. The van der Waals surface area contributed by atoms with Crippen LogP contribution in [0.15, 0.2) is 39.7 Å². The van der Waals surface area contributed by atoms with E-state index in [1.54, 1.807) is 20.0 Å². The van der Waals surface area contributed by atoms with Gasteiger partial charge in [-0.05, 0) is 50.0 Å². The van der Waals surface area contributed by atoms with Gasteiger partial charge in [-0.3, -0.25) is 9.89 Å². The Hall–Kier alpha value is -2.80. The predicted molar refractivity (Wildman–Crippen MR) is 117 cm³/mol. The van der Waals surface area contributed by atoms with Gasteiger partial charge in [0.1, 0.15) is 17.1 Å². The second-order valence-electron chi connectivity index (χ2n) is 7.61. The van der Waals surface area contributed by atoms with E-state index in [2.05, 4.69) is 44.8 Å². The number of hydrogen-bond acceptors (Lipinski definition) is 5. The number of carbonyl (C=O) groups is 1. The normalized spacial score (nSPS) is 15.1. The molecule has 1 saturated heterocycles. The van der Waals surface area contributed by atoms with Crippen molar-refractivity contribution in [2.45, 2.75) is 45.8 Å². The molecule has 0 unspecified atom stereocenters. The van der Waals surface area contributed by atoms with Crippen LogP contribution in [0, 0.1) is 6.92 Å². The minimum Gasteiger partial charge on any atom is -0.465 e. The van der Waals surface area contributed by atoms with Crippen molar-refractivity contribution in [3.05, 3.63) is 58.5 Å². The lowest BCUT2D eigenvalue weighted by Crippen LogP contribution is -2.36. The van der Waals surface area contributed by atoms with Crippen molar-refractivity contribution in [2.75, 3.05) is 27.2 Å². The first-order valence-electron chi connectivity index (χ1n) is 10.5. The maximum Gasteiger partial charge on any atom is 0.341 e. The molecule has 0 amide bonds. The van der Waals surface area contributed by atoms with Crippen molar-refractivity contribution in [1.82, 2.24) is 15.5 Å². The van der Waals surface area contributed by atoms with Crippen LogP contribution in [0.5, 0.6) is 0 Å². The van der Waals surface area contributed by atoms with Crippen molar-refractivity contribution in [1.29, 1.82) is 0 Å². The Balaban J connectivity index is 1.46. The van der Waals surface area contributed by atoms with Gasteiger partial charge in [-0.2, -0.15) is 0 Å². The lowest BCUT2D eigenvalue weighted by molar-refractivity contribution is 0.0599. The standard InChI is InChI=1S/C23H32N4O3/c1-17-21(22(28)29-3)13-20(30-17)15-26-23(24-2)25-14-18-7-9-19(10-8-18)16-27-11-5-4-6-12-27/h7-10,13H,4-6,11-12,14-16H2,1-3H3,(H2,24,25,26). The summed E-state index contributed by atoms with van der Waals surface area (Å²) in [6.07, 6.45) is 3.99. The lowest BCUT2D eigenvalue weighted by atomic mass is 10.1. The molecule has 0 bridgehead atoms. The highest BCUT2D eigenvalue weighted by molar-refractivity contribution is 5.90. The van der Waals surface area contributed by atoms with E-state index in [9.17, 15) is 4.79 Å². The smallest absolute Gasteiger partial charge is 0.341 e. The number of likely N-dealkylation sites (tertiary alicyclic amines) is 1. The van der Waals surface area contributed by atoms with Crippen LogP contribution in [0.25, 0.3) is 0 Å². The highest BCUT2D eigenvalue weighted by Gasteiger charge is 2.15. The fourth-order valence-corrected chi connectivity index (χ4v) is 3.66. The molecule has 2 heterocycles. The molecule has 7 heteroatoms. The monoisotopic (exact) mass is 412 g/mol. The van der Waals surface area contributed by atoms with Crippen LogP contribution in [0.2, 0.25) is 0 Å². The molecule has 1 aliphatic rings. The summed E-state index contributed by atoms with van der Waals surface area (Å²) in [5.41, 5.74) is 3.00. The largest absolute Gasteiger partial charge is 0.465 e. The SMILES string of the molecule is CN=C(NCc1ccc(CN2CCCCC2)cc1)NCc1cc(C(=O)OC)c(C)o1. The number of nitrogens with zero attached hydrogens (tertiary/aromatic N) is 2. The molecular formula is C23H32N4O3. The summed E-state index contributed by atoms with van der Waals surface area (Å²) in [7, 11) is 3.09. The van der Waals surface area contributed by atoms with Crippen LogP contribution in [-0.4, -0.2) is 44.1 Å². The molecule has 1 aromatic heterocycles. The molecule has 162 valence electrons. The molecule has 2 aromatic rings. The molecule has 1 aliphatic heterocycles. The van der Waals surface area contributed by atoms with Crippen LogP contribution >= 0.6 is 0 Å². The van der Waals surface area contributed by atoms with E-state index in [0.717, 1.165) is 6.54 Å². The third kappa shape index (κ3) is 6.10. The Morgan fingerprint density at radius 3 is 2.43 bits per heavy atom. The maximum absolute atomic E-state index is 11.7. The number of nitrogens with one attached hydrogen (secondary N) is 2. The number of methoxy groups -OCH3 is 1. The van der Waals surface area contributed by atoms with E-state index < -0.39 is 5.97 Å². The first-order chi connectivity index (χ1) is 14.6. The van der Waals surface area contributed by atoms with Gasteiger partial charge >= 0.3 is 5.97 Å². The van der Waals surface area contributed by atoms with Crippen LogP contribution < -0.4 is 10.6 Å². The van der Waals surface area contributed by atoms with Crippen molar-refractivity contribution in [3.63, 3.8) is 0 Å². The van der Waals surface area contributed by atoms with E-state index in [-0.39, 0.29) is 0 Å². The van der Waals surface area contributed by atoms with Gasteiger partial charge in [-0.25, -0.2) is 4.79 Å². The number of aliphatic imine (C=N–C) groups is 1. The first kappa shape index (κ1) is 21.9. The lowest BCUT2D eigenvalue weighted by Gasteiger charge is -2.26. The zero-order valence-electron chi connectivity index (χ0n) is 18.2. The Morgan fingerprint density at radius 2 is 1.77 bits per heavy atom. The van der Waals surface area contributed by atoms with E-state index in [4.69, 9.17) is 9.15 Å². The number of esters is 1. The van der Waals surface area contributed by atoms with Gasteiger partial charge in [0.25, 0.3) is 0 Å². The number of guanidine groups is 1. The second kappa shape index (κ2) is 10.8. The summed E-state index contributed by atoms with van der Waals surface area (Å²) in [6.45, 7) is 6.30. The zero-order valence-corrected chi connectivity index (χ0v) is 18.2. The quantitative estimate of drug-likeness (QED) is 0.413. The van der Waals surface area contributed by atoms with Gasteiger partial charge in [0, 0.05) is 20.1 Å². The second-order valence-corrected chi connectivity index (χ2v) is 7.61. The fourth-order valence-electron chi connectivity index (χ4n) is 3.66. The number of carbonyl (C=O) groups excluding carboxylic acids is 1. The van der Waals surface area contributed by atoms with Crippen LogP contribution in [0.1, 0.15) is 52.3 Å². The molecule has 0 radical (unpaired) electrons. The summed E-state index contributed by atoms with van der Waals surface area (Å²) in [6, 6.07) is 10.4. The topological polar surface area (TPSA) is 79.1 Å². The molecule has 0 spiro atoms. The number of ether oxygens (including phenoxy) is 1. The Kier molecular flexibility index (Phi) is 7.90. The molecule has 0 atom stereocenters. The molecule has 1 fully saturated rings. The molecule has 0 aliphatic carbocycles. The van der Waals surface area contributed by atoms with Gasteiger partial charge in [0.2, 0.25) is 0 Å². The maximum atomic E-state index is 11.7. The first-order valence-corrected chi connectivity index (χ1v) is 10.5. The third-order valence-corrected chi connectivity index (χ3v) is 5.37. The molecule has 2 N–H and O–H groups in total. The summed E-state index contributed by atoms with van der Waals surface area (Å²) in [5, 5.41) is 6.51. The van der Waals surface area contributed by atoms with E-state index in [1.165, 1.54) is 50.6 Å². The summed E-state index contributed by atoms with van der Waals surface area (Å²) < 4.78 is 10.4. The van der Waals surface area contributed by atoms with Crippen LogP contribution in [0.4, 0.5) is 0 Å². The number of aryl methyl sites for hydroxylation is 1. The van der Waals surface area contributed by atoms with Crippen molar-refractivity contribution in [2.24, 2.45) is 4.99 Å². The number of piperidine rings is 1. The minimum atomic E-state index is -0.395. The van der Waals surface area contributed by atoms with Crippen molar-refractivity contribution < 1.29 is 13.9 Å². The van der Waals surface area contributed by atoms with Gasteiger partial charge in [0.05, 0.1) is 13.7 Å². The number of rotatable bonds is 7. The number of hydrogen-bond donors (Lipinski definition) is 2. The van der Waals surface area contributed by atoms with Crippen molar-refractivity contribution in [3.8, 4) is 0 Å². The average Bonchev–Trinajstić information content (AvgIpc) is 3.15. The van der Waals surface area contributed by atoms with Crippen LogP contribution in [0.3, 0.4) is 0 Å². The van der Waals surface area contributed by atoms with Gasteiger partial charge < -0.3 is 19.8 Å². The molecule has 1 aromatic carbocycles. The third-order valence-electron chi connectivity index (χ3n) is 5.37. The Morgan fingerprint density at radius 1 is 1.10 bits per heavy atom. The molecule has 7 nitrogen and oxygen atoms in total. The predicted octanol–water partition coefficient (Wildman–Crippen LogP) is 3.23.